The summed E-state index contributed by atoms with van der Waals surface area (Å²) in [6.07, 6.45) is 0. The van der Waals surface area contributed by atoms with Gasteiger partial charge in [0.05, 0.1) is 11.1 Å². The van der Waals surface area contributed by atoms with Crippen LogP contribution >= 0.6 is 12.6 Å². The van der Waals surface area contributed by atoms with Crippen LogP contribution in [-0.4, -0.2) is 11.1 Å². The van der Waals surface area contributed by atoms with E-state index in [-0.39, 0.29) is 5.56 Å². The predicted molar refractivity (Wildman–Crippen MR) is 45.4 cm³/mol. The van der Waals surface area contributed by atoms with Gasteiger partial charge >= 0.3 is 5.97 Å². The first-order chi connectivity index (χ1) is 5.65. The van der Waals surface area contributed by atoms with Crippen molar-refractivity contribution in [1.29, 1.82) is 5.26 Å². The molecule has 1 N–H and O–H groups in total. The molecule has 3 nitrogen and oxygen atoms in total. The molecule has 0 saturated carbocycles. The van der Waals surface area contributed by atoms with E-state index in [0.29, 0.717) is 10.5 Å². The summed E-state index contributed by atoms with van der Waals surface area (Å²) in [5, 5.41) is 17.1. The van der Waals surface area contributed by atoms with Gasteiger partial charge in [-0.3, -0.25) is 0 Å². The van der Waals surface area contributed by atoms with Gasteiger partial charge in [0.2, 0.25) is 0 Å². The van der Waals surface area contributed by atoms with E-state index in [0.717, 1.165) is 0 Å². The van der Waals surface area contributed by atoms with Crippen LogP contribution < -0.4 is 0 Å². The monoisotopic (exact) mass is 179 g/mol. The van der Waals surface area contributed by atoms with Gasteiger partial charge in [0.25, 0.3) is 0 Å². The third-order valence-electron chi connectivity index (χ3n) is 1.37. The summed E-state index contributed by atoms with van der Waals surface area (Å²) in [4.78, 5) is 10.8. The van der Waals surface area contributed by atoms with E-state index in [9.17, 15) is 4.79 Å². The normalized spacial score (nSPS) is 9.00. The molecule has 0 saturated heterocycles. The fraction of sp³-hybridized carbons (Fsp3) is 0. The predicted octanol–water partition coefficient (Wildman–Crippen LogP) is 1.55. The topological polar surface area (TPSA) is 61.1 Å². The minimum absolute atomic E-state index is 0.138. The summed E-state index contributed by atoms with van der Waals surface area (Å²) in [6, 6.07) is 6.06. The third kappa shape index (κ3) is 1.57. The maximum absolute atomic E-state index is 10.4. The van der Waals surface area contributed by atoms with Crippen LogP contribution in [0.15, 0.2) is 23.1 Å². The molecule has 1 aromatic rings. The maximum atomic E-state index is 10.4. The van der Waals surface area contributed by atoms with Gasteiger partial charge in [0.15, 0.2) is 0 Å². The Morgan fingerprint density at radius 3 is 2.67 bits per heavy atom. The highest BCUT2D eigenvalue weighted by Gasteiger charge is 2.04. The molecule has 0 spiro atoms. The van der Waals surface area contributed by atoms with Crippen molar-refractivity contribution in [3.8, 4) is 6.07 Å². The smallest absolute Gasteiger partial charge is 0.335 e. The van der Waals surface area contributed by atoms with Crippen LogP contribution in [0.5, 0.6) is 0 Å². The van der Waals surface area contributed by atoms with Crippen molar-refractivity contribution in [2.45, 2.75) is 4.90 Å². The second-order valence-electron chi connectivity index (χ2n) is 2.15. The van der Waals surface area contributed by atoms with Crippen LogP contribution in [0.1, 0.15) is 15.9 Å². The zero-order chi connectivity index (χ0) is 9.14. The Balaban J connectivity index is 3.21. The Kier molecular flexibility index (Phi) is 2.36. The molecule has 0 aliphatic heterocycles. The van der Waals surface area contributed by atoms with Gasteiger partial charge in [-0.05, 0) is 18.2 Å². The van der Waals surface area contributed by atoms with Gasteiger partial charge in [-0.2, -0.15) is 5.26 Å². The minimum Gasteiger partial charge on any atom is -0.478 e. The molecule has 0 aliphatic rings. The molecule has 4 heteroatoms. The number of carboxylic acid groups (broad SMARTS) is 1. The van der Waals surface area contributed by atoms with Crippen molar-refractivity contribution in [2.24, 2.45) is 0 Å². The van der Waals surface area contributed by atoms with Gasteiger partial charge in [0, 0.05) is 4.90 Å². The lowest BCUT2D eigenvalue weighted by Crippen LogP contribution is -1.96. The van der Waals surface area contributed by atoms with Crippen LogP contribution in [0, 0.1) is 11.3 Å². The summed E-state index contributed by atoms with van der Waals surface area (Å²) < 4.78 is 0. The number of benzene rings is 1. The van der Waals surface area contributed by atoms with Gasteiger partial charge in [-0.25, -0.2) is 4.79 Å². The second kappa shape index (κ2) is 3.28. The molecule has 0 amide bonds. The molecule has 1 aromatic carbocycles. The van der Waals surface area contributed by atoms with E-state index >= 15 is 0 Å². The van der Waals surface area contributed by atoms with Crippen LogP contribution in [0.3, 0.4) is 0 Å². The number of aromatic carboxylic acids is 1. The first kappa shape index (κ1) is 8.62. The van der Waals surface area contributed by atoms with E-state index in [4.69, 9.17) is 10.4 Å². The second-order valence-corrected chi connectivity index (χ2v) is 2.63. The Labute approximate surface area is 74.7 Å². The Bertz CT molecular complexity index is 368. The molecule has 0 heterocycles. The van der Waals surface area contributed by atoms with Crippen molar-refractivity contribution in [2.75, 3.05) is 0 Å². The van der Waals surface area contributed by atoms with E-state index in [1.165, 1.54) is 18.2 Å². The van der Waals surface area contributed by atoms with Gasteiger partial charge in [-0.15, -0.1) is 12.6 Å². The fourth-order valence-corrected chi connectivity index (χ4v) is 1.02. The van der Waals surface area contributed by atoms with Crippen molar-refractivity contribution < 1.29 is 9.90 Å². The molecule has 12 heavy (non-hydrogen) atoms. The summed E-state index contributed by atoms with van der Waals surface area (Å²) in [5.74, 6) is -1.02. The lowest BCUT2D eigenvalue weighted by atomic mass is 10.1. The zero-order valence-electron chi connectivity index (χ0n) is 5.98. The Morgan fingerprint density at radius 1 is 1.58 bits per heavy atom. The van der Waals surface area contributed by atoms with E-state index in [1.807, 2.05) is 6.07 Å². The number of rotatable bonds is 1. The molecule has 0 unspecified atom stereocenters. The highest BCUT2D eigenvalue weighted by molar-refractivity contribution is 7.80. The molecule has 0 fully saturated rings. The maximum Gasteiger partial charge on any atom is 0.335 e. The van der Waals surface area contributed by atoms with Crippen LogP contribution in [0.4, 0.5) is 0 Å². The standard InChI is InChI=1S/C8H5NO2S/c9-4-6-2-1-5(8(10)11)3-7(6)12/h1-3,12H,(H,10,11). The molecule has 1 rings (SSSR count). The SMILES string of the molecule is N#Cc1ccc(C(=O)O)cc1S. The number of thiol groups is 1. The van der Waals surface area contributed by atoms with Crippen molar-refractivity contribution in [1.82, 2.24) is 0 Å². The summed E-state index contributed by atoms with van der Waals surface area (Å²) in [5.41, 5.74) is 0.516. The quantitative estimate of drug-likeness (QED) is 0.643. The molecular weight excluding hydrogens is 174 g/mol. The van der Waals surface area contributed by atoms with Crippen LogP contribution in [-0.2, 0) is 0 Å². The number of hydrogen-bond donors (Lipinski definition) is 2. The van der Waals surface area contributed by atoms with E-state index < -0.39 is 5.97 Å². The largest absolute Gasteiger partial charge is 0.478 e. The van der Waals surface area contributed by atoms with Crippen molar-refractivity contribution in [3.63, 3.8) is 0 Å². The van der Waals surface area contributed by atoms with Gasteiger partial charge in [-0.1, -0.05) is 0 Å². The molecule has 60 valence electrons. The average molecular weight is 179 g/mol. The molecule has 0 aliphatic carbocycles. The van der Waals surface area contributed by atoms with Crippen LogP contribution in [0.2, 0.25) is 0 Å². The lowest BCUT2D eigenvalue weighted by molar-refractivity contribution is 0.0696. The van der Waals surface area contributed by atoms with Gasteiger partial charge < -0.3 is 5.11 Å². The number of hydrogen-bond acceptors (Lipinski definition) is 3. The van der Waals surface area contributed by atoms with Gasteiger partial charge in [0.1, 0.15) is 6.07 Å². The zero-order valence-corrected chi connectivity index (χ0v) is 6.88. The highest BCUT2D eigenvalue weighted by atomic mass is 32.1. The lowest BCUT2D eigenvalue weighted by Gasteiger charge is -1.97. The summed E-state index contributed by atoms with van der Waals surface area (Å²) in [7, 11) is 0. The summed E-state index contributed by atoms with van der Waals surface area (Å²) in [6.45, 7) is 0. The fourth-order valence-electron chi connectivity index (χ4n) is 0.759. The van der Waals surface area contributed by atoms with Crippen molar-refractivity contribution in [3.05, 3.63) is 29.3 Å². The third-order valence-corrected chi connectivity index (χ3v) is 1.74. The molecule has 0 aromatic heterocycles. The molecule has 0 radical (unpaired) electrons. The Morgan fingerprint density at radius 2 is 2.25 bits per heavy atom. The molecule has 0 bridgehead atoms. The summed E-state index contributed by atoms with van der Waals surface area (Å²) >= 11 is 3.96. The van der Waals surface area contributed by atoms with E-state index in [1.54, 1.807) is 0 Å². The van der Waals surface area contributed by atoms with E-state index in [2.05, 4.69) is 12.6 Å². The first-order valence-electron chi connectivity index (χ1n) is 3.11. The number of nitrogens with zero attached hydrogens (tertiary/aromatic N) is 1. The highest BCUT2D eigenvalue weighted by Crippen LogP contribution is 2.14. The number of carbonyl (C=O) groups is 1. The molecular formula is C8H5NO2S. The average Bonchev–Trinajstić information content (AvgIpc) is 2.04. The number of nitriles is 1. The van der Waals surface area contributed by atoms with Crippen LogP contribution in [0.25, 0.3) is 0 Å². The van der Waals surface area contributed by atoms with Crippen molar-refractivity contribution >= 4 is 18.6 Å². The minimum atomic E-state index is -1.02. The molecule has 0 atom stereocenters. The first-order valence-corrected chi connectivity index (χ1v) is 3.56. The number of carboxylic acids is 1. The Hall–Kier alpha value is -1.47.